The van der Waals surface area contributed by atoms with Gasteiger partial charge in [0.15, 0.2) is 12.4 Å². The minimum Gasteiger partial charge on any atom is -0.454 e. The SMILES string of the molecule is CC/C=C\C/C=C\C/C=C\C/C=C\C/C=C\C/C=C\CCCCCCCCC(=O)OC1C(OCC(NC(=O)C(O)CCCCCCCCCCCCCCC/C=C\C/C=C\C/C=C\CCCCC)C(O)/C=C/CCCCCCCCCCC)OC(CO)C(O)C1O. The van der Waals surface area contributed by atoms with Crippen molar-refractivity contribution in [1.82, 2.24) is 5.32 Å². The van der Waals surface area contributed by atoms with Crippen molar-refractivity contribution < 1.29 is 49.3 Å². The minimum absolute atomic E-state index is 0.101. The second kappa shape index (κ2) is 66.1. The molecule has 11 heteroatoms. The molecule has 1 fully saturated rings. The number of hydrogen-bond acceptors (Lipinski definition) is 10. The zero-order chi connectivity index (χ0) is 66.0. The van der Waals surface area contributed by atoms with Crippen molar-refractivity contribution in [1.29, 1.82) is 0 Å². The van der Waals surface area contributed by atoms with Crippen LogP contribution in [-0.2, 0) is 23.8 Å². The number of allylic oxidation sites excluding steroid dienone is 19. The number of hydrogen-bond donors (Lipinski definition) is 6. The Morgan fingerprint density at radius 2 is 0.791 bits per heavy atom. The van der Waals surface area contributed by atoms with Gasteiger partial charge in [-0.2, -0.15) is 0 Å². The van der Waals surface area contributed by atoms with Crippen LogP contribution in [0.15, 0.2) is 122 Å². The number of carbonyl (C=O) groups is 2. The molecule has 8 atom stereocenters. The summed E-state index contributed by atoms with van der Waals surface area (Å²) in [6, 6.07) is -1.04. The van der Waals surface area contributed by atoms with E-state index < -0.39 is 67.4 Å². The molecule has 0 aromatic carbocycles. The molecule has 0 bridgehead atoms. The minimum atomic E-state index is -1.63. The van der Waals surface area contributed by atoms with Gasteiger partial charge >= 0.3 is 5.97 Å². The summed E-state index contributed by atoms with van der Waals surface area (Å²) in [6.07, 6.45) is 82.4. The lowest BCUT2D eigenvalue weighted by atomic mass is 9.99. The fourth-order valence-electron chi connectivity index (χ4n) is 11.0. The van der Waals surface area contributed by atoms with Crippen molar-refractivity contribution in [3.63, 3.8) is 0 Å². The van der Waals surface area contributed by atoms with Crippen molar-refractivity contribution in [2.24, 2.45) is 0 Å². The number of unbranched alkanes of at least 4 members (excludes halogenated alkanes) is 31. The first-order valence-electron chi connectivity index (χ1n) is 37.3. The highest BCUT2D eigenvalue weighted by Gasteiger charge is 2.47. The summed E-state index contributed by atoms with van der Waals surface area (Å²) >= 11 is 0. The van der Waals surface area contributed by atoms with Gasteiger partial charge in [-0.15, -0.1) is 0 Å². The van der Waals surface area contributed by atoms with Crippen LogP contribution in [0.5, 0.6) is 0 Å². The number of amides is 1. The second-order valence-electron chi connectivity index (χ2n) is 25.3. The molecule has 0 aromatic rings. The summed E-state index contributed by atoms with van der Waals surface area (Å²) in [5, 5.41) is 57.3. The number of carbonyl (C=O) groups excluding carboxylic acids is 2. The van der Waals surface area contributed by atoms with E-state index in [1.807, 2.05) is 6.08 Å². The Labute approximate surface area is 557 Å². The van der Waals surface area contributed by atoms with Crippen LogP contribution in [0.1, 0.15) is 310 Å². The lowest BCUT2D eigenvalue weighted by Gasteiger charge is -2.41. The van der Waals surface area contributed by atoms with Crippen LogP contribution in [0.2, 0.25) is 0 Å². The van der Waals surface area contributed by atoms with Gasteiger partial charge in [0, 0.05) is 6.42 Å². The number of esters is 1. The fraction of sp³-hybridized carbons (Fsp3) is 0.725. The molecule has 1 amide bonds. The molecule has 91 heavy (non-hydrogen) atoms. The van der Waals surface area contributed by atoms with Gasteiger partial charge in [-0.05, 0) is 116 Å². The molecular weight excluding hydrogens is 1130 g/mol. The largest absolute Gasteiger partial charge is 0.454 e. The first-order valence-corrected chi connectivity index (χ1v) is 37.3. The highest BCUT2D eigenvalue weighted by Crippen LogP contribution is 2.26. The Kier molecular flexibility index (Phi) is 61.8. The Balaban J connectivity index is 2.54. The second-order valence-corrected chi connectivity index (χ2v) is 25.3. The summed E-state index contributed by atoms with van der Waals surface area (Å²) in [4.78, 5) is 26.7. The molecule has 1 aliphatic heterocycles. The predicted octanol–water partition coefficient (Wildman–Crippen LogP) is 19.7. The molecule has 1 rings (SSSR count). The molecule has 0 aliphatic carbocycles. The van der Waals surface area contributed by atoms with Gasteiger partial charge < -0.3 is 45.1 Å². The molecule has 522 valence electrons. The highest BCUT2D eigenvalue weighted by molar-refractivity contribution is 5.80. The number of aliphatic hydroxyl groups is 5. The van der Waals surface area contributed by atoms with E-state index in [1.165, 1.54) is 135 Å². The molecule has 0 spiro atoms. The van der Waals surface area contributed by atoms with Crippen LogP contribution in [0.4, 0.5) is 0 Å². The molecular formula is C80H137NO10. The van der Waals surface area contributed by atoms with E-state index in [0.29, 0.717) is 12.8 Å². The molecule has 1 saturated heterocycles. The maximum Gasteiger partial charge on any atom is 0.306 e. The van der Waals surface area contributed by atoms with E-state index in [2.05, 4.69) is 135 Å². The average molecular weight is 1270 g/mol. The molecule has 11 nitrogen and oxygen atoms in total. The van der Waals surface area contributed by atoms with E-state index in [9.17, 15) is 35.1 Å². The third-order valence-corrected chi connectivity index (χ3v) is 16.8. The molecule has 6 N–H and O–H groups in total. The average Bonchev–Trinajstić information content (AvgIpc) is 1.13. The quantitative estimate of drug-likeness (QED) is 0.0195. The van der Waals surface area contributed by atoms with E-state index >= 15 is 0 Å². The standard InChI is InChI=1S/C80H137NO10/c1-4-7-10-13-16-19-22-24-26-28-30-32-34-36-38-39-41-43-45-47-49-52-55-58-61-64-67-73(84)79(88)81-71(72(83)66-63-60-57-54-51-21-18-15-12-9-6-3)70-89-80-78(77(87)76(86)74(69-82)90-80)91-75(85)68-65-62-59-56-53-50-48-46-44-42-40-37-35-33-31-29-27-25-23-20-17-14-11-8-5-2/h8,11,16-17,19-20,24-27,30-33,37,40,44,46,63,66,71-74,76-78,80,82-84,86-87H,4-7,9-10,12-15,18,21-23,28-29,34-36,38-39,41-43,45,47-62,64-65,67-70H2,1-3H3,(H,81,88)/b11-8-,19-16-,20-17-,26-24-,27-25-,32-30-,33-31-,40-37-,46-44-,66-63+. The summed E-state index contributed by atoms with van der Waals surface area (Å²) in [5.41, 5.74) is 0. The van der Waals surface area contributed by atoms with Gasteiger partial charge in [-0.25, -0.2) is 0 Å². The van der Waals surface area contributed by atoms with Crippen LogP contribution in [-0.4, -0.2) is 99.6 Å². The number of nitrogens with one attached hydrogen (secondary N) is 1. The Hall–Kier alpha value is -3.94. The lowest BCUT2D eigenvalue weighted by molar-refractivity contribution is -0.305. The van der Waals surface area contributed by atoms with Gasteiger partial charge in [0.25, 0.3) is 0 Å². The lowest BCUT2D eigenvalue weighted by Crippen LogP contribution is -2.61. The third-order valence-electron chi connectivity index (χ3n) is 16.8. The fourth-order valence-corrected chi connectivity index (χ4v) is 11.0. The third kappa shape index (κ3) is 53.1. The zero-order valence-electron chi connectivity index (χ0n) is 58.2. The van der Waals surface area contributed by atoms with Crippen molar-refractivity contribution in [2.75, 3.05) is 13.2 Å². The van der Waals surface area contributed by atoms with Gasteiger partial charge in [-0.3, -0.25) is 9.59 Å². The smallest absolute Gasteiger partial charge is 0.306 e. The van der Waals surface area contributed by atoms with Crippen molar-refractivity contribution >= 4 is 11.9 Å². The summed E-state index contributed by atoms with van der Waals surface area (Å²) in [5.74, 6) is -1.21. The van der Waals surface area contributed by atoms with E-state index in [1.54, 1.807) is 6.08 Å². The highest BCUT2D eigenvalue weighted by atomic mass is 16.7. The molecule has 0 saturated carbocycles. The molecule has 8 unspecified atom stereocenters. The number of aliphatic hydroxyl groups excluding tert-OH is 5. The monoisotopic (exact) mass is 1270 g/mol. The Morgan fingerprint density at radius 1 is 0.440 bits per heavy atom. The van der Waals surface area contributed by atoms with Crippen LogP contribution in [0, 0.1) is 0 Å². The molecule has 1 heterocycles. The number of rotatable bonds is 63. The van der Waals surface area contributed by atoms with Crippen LogP contribution in [0.25, 0.3) is 0 Å². The molecule has 0 radical (unpaired) electrons. The summed E-state index contributed by atoms with van der Waals surface area (Å²) in [7, 11) is 0. The topological polar surface area (TPSA) is 175 Å². The first-order chi connectivity index (χ1) is 44.7. The van der Waals surface area contributed by atoms with Gasteiger partial charge in [0.05, 0.1) is 25.4 Å². The Bertz CT molecular complexity index is 1950. The maximum atomic E-state index is 13.5. The Morgan fingerprint density at radius 3 is 1.21 bits per heavy atom. The number of ether oxygens (including phenoxy) is 3. The van der Waals surface area contributed by atoms with Gasteiger partial charge in [0.1, 0.15) is 24.4 Å². The van der Waals surface area contributed by atoms with Gasteiger partial charge in [0.2, 0.25) is 5.91 Å². The van der Waals surface area contributed by atoms with Crippen molar-refractivity contribution in [3.05, 3.63) is 122 Å². The van der Waals surface area contributed by atoms with Crippen LogP contribution in [0.3, 0.4) is 0 Å². The van der Waals surface area contributed by atoms with E-state index in [0.717, 1.165) is 128 Å². The van der Waals surface area contributed by atoms with Crippen LogP contribution >= 0.6 is 0 Å². The summed E-state index contributed by atoms with van der Waals surface area (Å²) in [6.45, 7) is 5.66. The van der Waals surface area contributed by atoms with Crippen molar-refractivity contribution in [2.45, 2.75) is 359 Å². The van der Waals surface area contributed by atoms with Crippen LogP contribution < -0.4 is 5.32 Å². The maximum absolute atomic E-state index is 13.5. The summed E-state index contributed by atoms with van der Waals surface area (Å²) < 4.78 is 17.7. The van der Waals surface area contributed by atoms with Crippen molar-refractivity contribution in [3.8, 4) is 0 Å². The van der Waals surface area contributed by atoms with E-state index in [4.69, 9.17) is 14.2 Å². The van der Waals surface area contributed by atoms with E-state index in [-0.39, 0.29) is 19.4 Å². The zero-order valence-corrected chi connectivity index (χ0v) is 58.2. The predicted molar refractivity (Wildman–Crippen MR) is 384 cm³/mol. The normalized spacial score (nSPS) is 18.7. The van der Waals surface area contributed by atoms with Gasteiger partial charge in [-0.1, -0.05) is 309 Å². The molecule has 1 aliphatic rings. The first kappa shape index (κ1) is 85.1. The molecule has 0 aromatic heterocycles.